The summed E-state index contributed by atoms with van der Waals surface area (Å²) in [5.41, 5.74) is 0.679. The molecule has 23 heavy (non-hydrogen) atoms. The van der Waals surface area contributed by atoms with Gasteiger partial charge in [-0.3, -0.25) is 4.79 Å². The third kappa shape index (κ3) is 5.13. The highest BCUT2D eigenvalue weighted by molar-refractivity contribution is 5.92. The molecule has 0 saturated carbocycles. The van der Waals surface area contributed by atoms with Gasteiger partial charge in [0, 0.05) is 32.1 Å². The van der Waals surface area contributed by atoms with Gasteiger partial charge in [-0.25, -0.2) is 0 Å². The molecule has 1 amide bonds. The third-order valence-electron chi connectivity index (χ3n) is 4.28. The Morgan fingerprint density at radius 3 is 2.52 bits per heavy atom. The van der Waals surface area contributed by atoms with Gasteiger partial charge in [-0.15, -0.1) is 0 Å². The molecule has 1 aliphatic heterocycles. The largest absolute Gasteiger partial charge is 0.497 e. The molecule has 5 nitrogen and oxygen atoms in total. The number of carbonyl (C=O) groups excluding carboxylic acids is 1. The molecule has 1 heterocycles. The summed E-state index contributed by atoms with van der Waals surface area (Å²) in [6.07, 6.45) is 1.78. The van der Waals surface area contributed by atoms with Crippen LogP contribution in [0.5, 0.6) is 11.5 Å². The van der Waals surface area contributed by atoms with E-state index in [1.54, 1.807) is 26.4 Å². The second-order valence-electron chi connectivity index (χ2n) is 6.57. The Morgan fingerprint density at radius 2 is 1.91 bits per heavy atom. The van der Waals surface area contributed by atoms with Crippen LogP contribution in [0.1, 0.15) is 26.7 Å². The molecule has 5 heteroatoms. The van der Waals surface area contributed by atoms with E-state index in [2.05, 4.69) is 24.1 Å². The number of amides is 1. The second-order valence-corrected chi connectivity index (χ2v) is 6.57. The molecule has 0 aromatic heterocycles. The molecule has 1 aromatic carbocycles. The summed E-state index contributed by atoms with van der Waals surface area (Å²) in [6, 6.07) is 5.39. The van der Waals surface area contributed by atoms with Gasteiger partial charge >= 0.3 is 0 Å². The van der Waals surface area contributed by atoms with E-state index in [9.17, 15) is 4.79 Å². The maximum Gasteiger partial charge on any atom is 0.225 e. The summed E-state index contributed by atoms with van der Waals surface area (Å²) >= 11 is 0. The molecule has 0 bridgehead atoms. The van der Waals surface area contributed by atoms with E-state index in [0.29, 0.717) is 35.4 Å². The Balaban J connectivity index is 1.87. The van der Waals surface area contributed by atoms with Crippen molar-refractivity contribution in [3.8, 4) is 11.5 Å². The van der Waals surface area contributed by atoms with Gasteiger partial charge < -0.3 is 19.7 Å². The average Bonchev–Trinajstić information content (AvgIpc) is 2.52. The van der Waals surface area contributed by atoms with E-state index in [4.69, 9.17) is 9.47 Å². The lowest BCUT2D eigenvalue weighted by Crippen LogP contribution is -2.40. The molecule has 0 spiro atoms. The standard InChI is InChI=1S/C18H28N2O3/c1-13-9-14(2)12-20(11-13)8-7-18(21)19-16-6-5-15(22-3)10-17(16)23-4/h5-6,10,13-14H,7-9,11-12H2,1-4H3,(H,19,21)/t13-,14-/m1/s1. The minimum absolute atomic E-state index is 0.0133. The number of piperidine rings is 1. The first-order valence-electron chi connectivity index (χ1n) is 8.26. The van der Waals surface area contributed by atoms with Crippen LogP contribution in [0.25, 0.3) is 0 Å². The topological polar surface area (TPSA) is 50.8 Å². The normalized spacial score (nSPS) is 21.7. The second kappa shape index (κ2) is 8.20. The van der Waals surface area contributed by atoms with Crippen LogP contribution in [0.3, 0.4) is 0 Å². The van der Waals surface area contributed by atoms with Crippen LogP contribution >= 0.6 is 0 Å². The minimum Gasteiger partial charge on any atom is -0.497 e. The summed E-state index contributed by atoms with van der Waals surface area (Å²) in [5.74, 6) is 2.75. The van der Waals surface area contributed by atoms with Gasteiger partial charge in [0.2, 0.25) is 5.91 Å². The van der Waals surface area contributed by atoms with Crippen molar-refractivity contribution in [2.45, 2.75) is 26.7 Å². The Bertz CT molecular complexity index is 523. The Hall–Kier alpha value is -1.75. The number of hydrogen-bond acceptors (Lipinski definition) is 4. The average molecular weight is 320 g/mol. The van der Waals surface area contributed by atoms with Crippen molar-refractivity contribution in [3.05, 3.63) is 18.2 Å². The van der Waals surface area contributed by atoms with Crippen LogP contribution in [0, 0.1) is 11.8 Å². The molecular formula is C18H28N2O3. The number of ether oxygens (including phenoxy) is 2. The predicted molar refractivity (Wildman–Crippen MR) is 92.2 cm³/mol. The maximum absolute atomic E-state index is 12.2. The van der Waals surface area contributed by atoms with Gasteiger partial charge in [-0.1, -0.05) is 13.8 Å². The number of rotatable bonds is 6. The van der Waals surface area contributed by atoms with Crippen molar-refractivity contribution in [3.63, 3.8) is 0 Å². The Morgan fingerprint density at radius 1 is 1.22 bits per heavy atom. The number of nitrogens with zero attached hydrogens (tertiary/aromatic N) is 1. The van der Waals surface area contributed by atoms with E-state index < -0.39 is 0 Å². The molecule has 0 radical (unpaired) electrons. The number of carbonyl (C=O) groups is 1. The van der Waals surface area contributed by atoms with E-state index in [1.807, 2.05) is 6.07 Å². The fourth-order valence-corrected chi connectivity index (χ4v) is 3.35. The van der Waals surface area contributed by atoms with Crippen molar-refractivity contribution in [2.75, 3.05) is 39.2 Å². The molecule has 0 unspecified atom stereocenters. The van der Waals surface area contributed by atoms with Crippen molar-refractivity contribution < 1.29 is 14.3 Å². The SMILES string of the molecule is COc1ccc(NC(=O)CCN2C[C@H](C)C[C@@H](C)C2)c(OC)c1. The lowest BCUT2D eigenvalue weighted by Gasteiger charge is -2.34. The molecule has 0 aliphatic carbocycles. The van der Waals surface area contributed by atoms with Gasteiger partial charge in [0.1, 0.15) is 11.5 Å². The van der Waals surface area contributed by atoms with E-state index in [1.165, 1.54) is 6.42 Å². The van der Waals surface area contributed by atoms with Crippen molar-refractivity contribution >= 4 is 11.6 Å². The van der Waals surface area contributed by atoms with E-state index >= 15 is 0 Å². The molecular weight excluding hydrogens is 292 g/mol. The summed E-state index contributed by atoms with van der Waals surface area (Å²) < 4.78 is 10.5. The van der Waals surface area contributed by atoms with Crippen LogP contribution in [0.15, 0.2) is 18.2 Å². The first kappa shape index (κ1) is 17.6. The van der Waals surface area contributed by atoms with E-state index in [0.717, 1.165) is 19.6 Å². The highest BCUT2D eigenvalue weighted by Gasteiger charge is 2.22. The van der Waals surface area contributed by atoms with Gasteiger partial charge in [-0.05, 0) is 30.4 Å². The zero-order valence-corrected chi connectivity index (χ0v) is 14.6. The predicted octanol–water partition coefficient (Wildman–Crippen LogP) is 3.01. The zero-order valence-electron chi connectivity index (χ0n) is 14.6. The van der Waals surface area contributed by atoms with Gasteiger partial charge in [0.25, 0.3) is 0 Å². The molecule has 128 valence electrons. The van der Waals surface area contributed by atoms with Gasteiger partial charge in [0.15, 0.2) is 0 Å². The zero-order chi connectivity index (χ0) is 16.8. The summed E-state index contributed by atoms with van der Waals surface area (Å²) in [6.45, 7) is 7.54. The lowest BCUT2D eigenvalue weighted by atomic mass is 9.92. The molecule has 2 atom stereocenters. The van der Waals surface area contributed by atoms with Crippen molar-refractivity contribution in [2.24, 2.45) is 11.8 Å². The van der Waals surface area contributed by atoms with Crippen LogP contribution in [-0.4, -0.2) is 44.7 Å². The quantitative estimate of drug-likeness (QED) is 0.875. The first-order valence-corrected chi connectivity index (χ1v) is 8.26. The lowest BCUT2D eigenvalue weighted by molar-refractivity contribution is -0.116. The number of hydrogen-bond donors (Lipinski definition) is 1. The van der Waals surface area contributed by atoms with Gasteiger partial charge in [0.05, 0.1) is 19.9 Å². The molecule has 2 rings (SSSR count). The smallest absolute Gasteiger partial charge is 0.225 e. The molecule has 1 aromatic rings. The Labute approximate surface area is 139 Å². The summed E-state index contributed by atoms with van der Waals surface area (Å²) in [7, 11) is 3.19. The van der Waals surface area contributed by atoms with Crippen LogP contribution in [-0.2, 0) is 4.79 Å². The van der Waals surface area contributed by atoms with Crippen molar-refractivity contribution in [1.29, 1.82) is 0 Å². The fraction of sp³-hybridized carbons (Fsp3) is 0.611. The highest BCUT2D eigenvalue weighted by atomic mass is 16.5. The highest BCUT2D eigenvalue weighted by Crippen LogP contribution is 2.29. The molecule has 1 fully saturated rings. The summed E-state index contributed by atoms with van der Waals surface area (Å²) in [4.78, 5) is 14.6. The molecule has 1 saturated heterocycles. The fourth-order valence-electron chi connectivity index (χ4n) is 3.35. The number of methoxy groups -OCH3 is 2. The maximum atomic E-state index is 12.2. The number of benzene rings is 1. The third-order valence-corrected chi connectivity index (χ3v) is 4.28. The van der Waals surface area contributed by atoms with Crippen LogP contribution < -0.4 is 14.8 Å². The van der Waals surface area contributed by atoms with Gasteiger partial charge in [-0.2, -0.15) is 0 Å². The first-order chi connectivity index (χ1) is 11.0. The van der Waals surface area contributed by atoms with E-state index in [-0.39, 0.29) is 5.91 Å². The monoisotopic (exact) mass is 320 g/mol. The molecule has 1 aliphatic rings. The van der Waals surface area contributed by atoms with Crippen LogP contribution in [0.2, 0.25) is 0 Å². The van der Waals surface area contributed by atoms with Crippen molar-refractivity contribution in [1.82, 2.24) is 4.90 Å². The minimum atomic E-state index is 0.0133. The Kier molecular flexibility index (Phi) is 6.28. The number of likely N-dealkylation sites (tertiary alicyclic amines) is 1. The number of anilines is 1. The molecule has 1 N–H and O–H groups in total. The summed E-state index contributed by atoms with van der Waals surface area (Å²) in [5, 5.41) is 2.93. The number of nitrogens with one attached hydrogen (secondary N) is 1. The van der Waals surface area contributed by atoms with Crippen LogP contribution in [0.4, 0.5) is 5.69 Å².